The number of thiophene rings is 1. The number of hydrogen-bond acceptors (Lipinski definition) is 2. The maximum absolute atomic E-state index is 12.2. The zero-order valence-corrected chi connectivity index (χ0v) is 8.08. The predicted molar refractivity (Wildman–Crippen MR) is 46.8 cm³/mol. The first-order valence-corrected chi connectivity index (χ1v) is 4.64. The van der Waals surface area contributed by atoms with Gasteiger partial charge in [-0.05, 0) is 11.4 Å². The molecule has 0 aliphatic rings. The van der Waals surface area contributed by atoms with Gasteiger partial charge in [-0.3, -0.25) is 4.79 Å². The van der Waals surface area contributed by atoms with Gasteiger partial charge >= 0.3 is 10.7 Å². The van der Waals surface area contributed by atoms with E-state index in [1.165, 1.54) is 11.3 Å². The third kappa shape index (κ3) is 2.53. The van der Waals surface area contributed by atoms with Crippen molar-refractivity contribution in [2.24, 2.45) is 0 Å². The molecule has 0 saturated heterocycles. The summed E-state index contributed by atoms with van der Waals surface area (Å²) in [6, 6.07) is 1.54. The molecule has 1 rings (SSSR count). The van der Waals surface area contributed by atoms with Gasteiger partial charge in [0.2, 0.25) is 0 Å². The van der Waals surface area contributed by atoms with Crippen LogP contribution in [0, 0.1) is 0 Å². The molecule has 0 spiro atoms. The summed E-state index contributed by atoms with van der Waals surface area (Å²) in [6.45, 7) is 0. The maximum atomic E-state index is 12.2. The summed E-state index contributed by atoms with van der Waals surface area (Å²) in [5.41, 5.74) is 0.379. The zero-order valence-electron chi connectivity index (χ0n) is 5.68. The van der Waals surface area contributed by atoms with Crippen molar-refractivity contribution in [3.63, 3.8) is 0 Å². The number of hydrogen-bond donors (Lipinski definition) is 1. The van der Waals surface area contributed by atoms with E-state index in [-0.39, 0.29) is 0 Å². The summed E-state index contributed by atoms with van der Waals surface area (Å²) < 4.78 is 24.4. The van der Waals surface area contributed by atoms with Gasteiger partial charge in [0.25, 0.3) is 0 Å². The Balaban J connectivity index is 2.60. The molecule has 0 fully saturated rings. The van der Waals surface area contributed by atoms with E-state index in [2.05, 4.69) is 0 Å². The van der Waals surface area contributed by atoms with Gasteiger partial charge in [0, 0.05) is 21.3 Å². The fourth-order valence-electron chi connectivity index (χ4n) is 0.538. The SMILES string of the molecule is O=C(Nc1ccsc1)C(F)(F)Br. The highest BCUT2D eigenvalue weighted by Crippen LogP contribution is 2.24. The first-order chi connectivity index (χ1) is 5.50. The van der Waals surface area contributed by atoms with Crippen molar-refractivity contribution in [1.29, 1.82) is 0 Å². The minimum Gasteiger partial charge on any atom is -0.319 e. The second-order valence-corrected chi connectivity index (χ2v) is 3.74. The Morgan fingerprint density at radius 3 is 2.75 bits per heavy atom. The van der Waals surface area contributed by atoms with Gasteiger partial charge in [-0.2, -0.15) is 20.1 Å². The highest BCUT2D eigenvalue weighted by Gasteiger charge is 2.34. The number of nitrogens with one attached hydrogen (secondary N) is 1. The van der Waals surface area contributed by atoms with E-state index in [1.54, 1.807) is 16.8 Å². The van der Waals surface area contributed by atoms with Crippen LogP contribution in [0.4, 0.5) is 14.5 Å². The predicted octanol–water partition coefficient (Wildman–Crippen LogP) is 2.67. The molecule has 1 N–H and O–H groups in total. The Morgan fingerprint density at radius 1 is 1.67 bits per heavy atom. The molecule has 66 valence electrons. The van der Waals surface area contributed by atoms with Crippen LogP contribution in [0.15, 0.2) is 16.8 Å². The number of carbonyl (C=O) groups excluding carboxylic acids is 1. The maximum Gasteiger partial charge on any atom is 0.378 e. The lowest BCUT2D eigenvalue weighted by atomic mass is 10.5. The smallest absolute Gasteiger partial charge is 0.319 e. The van der Waals surface area contributed by atoms with Crippen molar-refractivity contribution in [2.75, 3.05) is 5.32 Å². The molecule has 6 heteroatoms. The lowest BCUT2D eigenvalue weighted by Crippen LogP contribution is -2.28. The second-order valence-electron chi connectivity index (χ2n) is 1.96. The fraction of sp³-hybridized carbons (Fsp3) is 0.167. The number of carbonyl (C=O) groups is 1. The van der Waals surface area contributed by atoms with Crippen LogP contribution in [0.2, 0.25) is 0 Å². The highest BCUT2D eigenvalue weighted by atomic mass is 79.9. The van der Waals surface area contributed by atoms with Crippen molar-refractivity contribution in [3.8, 4) is 0 Å². The lowest BCUT2D eigenvalue weighted by molar-refractivity contribution is -0.128. The Kier molecular flexibility index (Phi) is 2.79. The van der Waals surface area contributed by atoms with Crippen molar-refractivity contribution in [3.05, 3.63) is 16.8 Å². The van der Waals surface area contributed by atoms with Crippen molar-refractivity contribution in [1.82, 2.24) is 0 Å². The third-order valence-corrected chi connectivity index (χ3v) is 2.08. The van der Waals surface area contributed by atoms with Gasteiger partial charge in [-0.15, -0.1) is 0 Å². The van der Waals surface area contributed by atoms with Gasteiger partial charge in [0.15, 0.2) is 0 Å². The molecule has 0 radical (unpaired) electrons. The van der Waals surface area contributed by atoms with Crippen LogP contribution in [0.3, 0.4) is 0 Å². The quantitative estimate of drug-likeness (QED) is 0.810. The number of amides is 1. The summed E-state index contributed by atoms with van der Waals surface area (Å²) >= 11 is 3.26. The molecule has 1 aromatic rings. The summed E-state index contributed by atoms with van der Waals surface area (Å²) in [7, 11) is 0. The fourth-order valence-corrected chi connectivity index (χ4v) is 1.22. The second kappa shape index (κ2) is 3.49. The molecular weight excluding hydrogens is 252 g/mol. The Hall–Kier alpha value is -0.490. The van der Waals surface area contributed by atoms with E-state index in [0.717, 1.165) is 0 Å². The van der Waals surface area contributed by atoms with Gasteiger partial charge < -0.3 is 5.32 Å². The largest absolute Gasteiger partial charge is 0.378 e. The molecule has 0 atom stereocenters. The van der Waals surface area contributed by atoms with Crippen LogP contribution in [-0.4, -0.2) is 10.7 Å². The number of alkyl halides is 3. The average molecular weight is 256 g/mol. The van der Waals surface area contributed by atoms with Gasteiger partial charge in [0.05, 0.1) is 5.69 Å². The number of rotatable bonds is 2. The Bertz CT molecular complexity index is 270. The topological polar surface area (TPSA) is 29.1 Å². The zero-order chi connectivity index (χ0) is 9.19. The Morgan fingerprint density at radius 2 is 2.33 bits per heavy atom. The summed E-state index contributed by atoms with van der Waals surface area (Å²) in [5.74, 6) is -1.36. The molecular formula is C6H4BrF2NOS. The van der Waals surface area contributed by atoms with Crippen LogP contribution >= 0.6 is 27.3 Å². The third-order valence-electron chi connectivity index (χ3n) is 1.04. The summed E-state index contributed by atoms with van der Waals surface area (Å²) in [6.07, 6.45) is 0. The van der Waals surface area contributed by atoms with Gasteiger partial charge in [-0.25, -0.2) is 0 Å². The van der Waals surface area contributed by atoms with Gasteiger partial charge in [0.1, 0.15) is 0 Å². The van der Waals surface area contributed by atoms with E-state index in [4.69, 9.17) is 0 Å². The monoisotopic (exact) mass is 255 g/mol. The molecule has 1 amide bonds. The molecule has 2 nitrogen and oxygen atoms in total. The average Bonchev–Trinajstić information content (AvgIpc) is 2.37. The molecule has 0 aromatic carbocycles. The van der Waals surface area contributed by atoms with Crippen molar-refractivity contribution < 1.29 is 13.6 Å². The standard InChI is InChI=1S/C6H4BrF2NOS/c7-6(8,9)5(11)10-4-1-2-12-3-4/h1-3H,(H,10,11). The van der Waals surface area contributed by atoms with E-state index in [0.29, 0.717) is 5.69 Å². The lowest BCUT2D eigenvalue weighted by Gasteiger charge is -2.06. The minimum atomic E-state index is -3.51. The Labute approximate surface area is 79.7 Å². The van der Waals surface area contributed by atoms with E-state index >= 15 is 0 Å². The first-order valence-electron chi connectivity index (χ1n) is 2.90. The van der Waals surface area contributed by atoms with Crippen LogP contribution in [-0.2, 0) is 4.79 Å². The molecule has 0 aliphatic heterocycles. The first kappa shape index (κ1) is 9.60. The summed E-state index contributed by atoms with van der Waals surface area (Å²) in [5, 5.41) is 5.29. The summed E-state index contributed by atoms with van der Waals surface area (Å²) in [4.78, 5) is 7.12. The number of anilines is 1. The molecule has 0 saturated carbocycles. The normalized spacial score (nSPS) is 11.2. The molecule has 1 aromatic heterocycles. The number of halogens is 3. The van der Waals surface area contributed by atoms with Gasteiger partial charge in [-0.1, -0.05) is 0 Å². The molecule has 0 bridgehead atoms. The van der Waals surface area contributed by atoms with Crippen LogP contribution in [0.25, 0.3) is 0 Å². The molecule has 0 unspecified atom stereocenters. The molecule has 12 heavy (non-hydrogen) atoms. The molecule has 1 heterocycles. The van der Waals surface area contributed by atoms with Crippen LogP contribution in [0.1, 0.15) is 0 Å². The molecule has 0 aliphatic carbocycles. The van der Waals surface area contributed by atoms with E-state index in [9.17, 15) is 13.6 Å². The van der Waals surface area contributed by atoms with Crippen molar-refractivity contribution in [2.45, 2.75) is 4.83 Å². The van der Waals surface area contributed by atoms with Crippen LogP contribution in [0.5, 0.6) is 0 Å². The van der Waals surface area contributed by atoms with Crippen LogP contribution < -0.4 is 5.32 Å². The van der Waals surface area contributed by atoms with E-state index in [1.807, 2.05) is 21.2 Å². The highest BCUT2D eigenvalue weighted by molar-refractivity contribution is 9.10. The van der Waals surface area contributed by atoms with Crippen molar-refractivity contribution >= 4 is 38.9 Å². The van der Waals surface area contributed by atoms with E-state index < -0.39 is 10.7 Å². The minimum absolute atomic E-state index is 0.379.